The summed E-state index contributed by atoms with van der Waals surface area (Å²) in [5.74, 6) is -1.86. The Bertz CT molecular complexity index is 948. The second kappa shape index (κ2) is 10.7. The highest BCUT2D eigenvalue weighted by atomic mass is 16.5. The fraction of sp³-hybridized carbons (Fsp3) is 0.333. The van der Waals surface area contributed by atoms with E-state index in [0.717, 1.165) is 19.8 Å². The third kappa shape index (κ3) is 5.50. The average Bonchev–Trinajstić information content (AvgIpc) is 2.80. The minimum Gasteiger partial charge on any atom is -0.464 e. The molecule has 0 amide bonds. The molecule has 10 heteroatoms. The number of aliphatic hydroxyl groups excluding tert-OH is 4. The van der Waals surface area contributed by atoms with Crippen LogP contribution >= 0.6 is 0 Å². The van der Waals surface area contributed by atoms with Gasteiger partial charge in [0.15, 0.2) is 11.4 Å². The lowest BCUT2D eigenvalue weighted by molar-refractivity contribution is -0.0947. The molecule has 166 valence electrons. The molecule has 1 heterocycles. The molecular weight excluding hydrogens is 408 g/mol. The maximum Gasteiger partial charge on any atom is 0.358 e. The van der Waals surface area contributed by atoms with E-state index in [2.05, 4.69) is 19.7 Å². The number of hydrogen-bond acceptors (Lipinski definition) is 10. The van der Waals surface area contributed by atoms with Gasteiger partial charge in [0.25, 0.3) is 0 Å². The van der Waals surface area contributed by atoms with Crippen molar-refractivity contribution in [2.45, 2.75) is 31.3 Å². The predicted molar refractivity (Wildman–Crippen MR) is 108 cm³/mol. The SMILES string of the molecule is COC(=O)c1nnc(C(=O)OC)c(C(O)C(O)C(O)C(O)C=Cc2ccccc2)c1C. The molecule has 0 saturated carbocycles. The third-order valence-electron chi connectivity index (χ3n) is 4.63. The Morgan fingerprint density at radius 3 is 2.03 bits per heavy atom. The molecule has 1 aromatic heterocycles. The van der Waals surface area contributed by atoms with Gasteiger partial charge in [0.2, 0.25) is 0 Å². The van der Waals surface area contributed by atoms with Gasteiger partial charge in [-0.05, 0) is 18.1 Å². The van der Waals surface area contributed by atoms with Crippen LogP contribution in [-0.2, 0) is 9.47 Å². The van der Waals surface area contributed by atoms with Gasteiger partial charge in [-0.1, -0.05) is 42.5 Å². The Morgan fingerprint density at radius 1 is 0.903 bits per heavy atom. The molecule has 31 heavy (non-hydrogen) atoms. The third-order valence-corrected chi connectivity index (χ3v) is 4.63. The highest BCUT2D eigenvalue weighted by molar-refractivity contribution is 5.93. The number of carbonyl (C=O) groups is 2. The van der Waals surface area contributed by atoms with Crippen LogP contribution in [0.1, 0.15) is 43.8 Å². The number of nitrogens with zero attached hydrogens (tertiary/aromatic N) is 2. The highest BCUT2D eigenvalue weighted by Crippen LogP contribution is 2.28. The van der Waals surface area contributed by atoms with Gasteiger partial charge in [-0.25, -0.2) is 9.59 Å². The Balaban J connectivity index is 2.36. The predicted octanol–water partition coefficient (Wildman–Crippen LogP) is 0.188. The molecule has 0 radical (unpaired) electrons. The largest absolute Gasteiger partial charge is 0.464 e. The molecular formula is C21H24N2O8. The minimum absolute atomic E-state index is 0.00434. The van der Waals surface area contributed by atoms with Crippen molar-refractivity contribution in [2.75, 3.05) is 14.2 Å². The number of benzene rings is 1. The van der Waals surface area contributed by atoms with Crippen LogP contribution in [0.25, 0.3) is 6.08 Å². The molecule has 4 atom stereocenters. The molecule has 4 unspecified atom stereocenters. The maximum absolute atomic E-state index is 12.1. The van der Waals surface area contributed by atoms with Gasteiger partial charge in [0.1, 0.15) is 24.4 Å². The van der Waals surface area contributed by atoms with Gasteiger partial charge in [0, 0.05) is 5.56 Å². The molecule has 2 aromatic rings. The number of ether oxygens (including phenoxy) is 2. The van der Waals surface area contributed by atoms with Crippen LogP contribution in [0.4, 0.5) is 0 Å². The molecule has 0 spiro atoms. The van der Waals surface area contributed by atoms with Gasteiger partial charge in [-0.2, -0.15) is 0 Å². The summed E-state index contributed by atoms with van der Waals surface area (Å²) in [5, 5.41) is 49.0. The number of carbonyl (C=O) groups excluding carboxylic acids is 2. The molecule has 0 aliphatic carbocycles. The molecule has 0 saturated heterocycles. The van der Waals surface area contributed by atoms with Crippen molar-refractivity contribution in [1.82, 2.24) is 10.2 Å². The van der Waals surface area contributed by atoms with Crippen LogP contribution in [-0.4, -0.2) is 75.1 Å². The van der Waals surface area contributed by atoms with Crippen LogP contribution in [0, 0.1) is 6.92 Å². The zero-order chi connectivity index (χ0) is 23.1. The quantitative estimate of drug-likeness (QED) is 0.424. The van der Waals surface area contributed by atoms with E-state index in [9.17, 15) is 30.0 Å². The summed E-state index contributed by atoms with van der Waals surface area (Å²) in [6.07, 6.45) is -4.48. The molecule has 0 aliphatic rings. The Labute approximate surface area is 178 Å². The van der Waals surface area contributed by atoms with Crippen LogP contribution in [0.3, 0.4) is 0 Å². The van der Waals surface area contributed by atoms with E-state index in [1.54, 1.807) is 24.3 Å². The number of rotatable bonds is 8. The number of hydrogen-bond donors (Lipinski definition) is 4. The minimum atomic E-state index is -1.95. The smallest absolute Gasteiger partial charge is 0.358 e. The molecule has 0 bridgehead atoms. The first-order valence-corrected chi connectivity index (χ1v) is 9.22. The lowest BCUT2D eigenvalue weighted by Gasteiger charge is -2.27. The van der Waals surface area contributed by atoms with Gasteiger partial charge in [0.05, 0.1) is 14.2 Å². The fourth-order valence-electron chi connectivity index (χ4n) is 2.88. The van der Waals surface area contributed by atoms with Crippen molar-refractivity contribution in [3.05, 3.63) is 64.5 Å². The number of aliphatic hydroxyl groups is 4. The summed E-state index contributed by atoms with van der Waals surface area (Å²) in [6.45, 7) is 1.36. The standard InChI is InChI=1S/C21H24N2O8/c1-11-14(16(21(29)31-3)23-22-15(11)20(28)30-2)18(26)19(27)17(25)13(24)10-9-12-7-5-4-6-8-12/h4-10,13,17-19,24-27H,1-3H3. The lowest BCUT2D eigenvalue weighted by Crippen LogP contribution is -2.41. The van der Waals surface area contributed by atoms with E-state index in [1.165, 1.54) is 19.1 Å². The summed E-state index contributed by atoms with van der Waals surface area (Å²) >= 11 is 0. The van der Waals surface area contributed by atoms with Crippen molar-refractivity contribution in [1.29, 1.82) is 0 Å². The van der Waals surface area contributed by atoms with Crippen LogP contribution in [0.5, 0.6) is 0 Å². The van der Waals surface area contributed by atoms with Gasteiger partial charge in [-0.3, -0.25) is 0 Å². The average molecular weight is 432 g/mol. The highest BCUT2D eigenvalue weighted by Gasteiger charge is 2.36. The topological polar surface area (TPSA) is 159 Å². The van der Waals surface area contributed by atoms with Crippen molar-refractivity contribution in [2.24, 2.45) is 0 Å². The monoisotopic (exact) mass is 432 g/mol. The van der Waals surface area contributed by atoms with Gasteiger partial charge >= 0.3 is 11.9 Å². The molecule has 2 rings (SSSR count). The molecule has 10 nitrogen and oxygen atoms in total. The van der Waals surface area contributed by atoms with Crippen molar-refractivity contribution >= 4 is 18.0 Å². The summed E-state index contributed by atoms with van der Waals surface area (Å²) in [7, 11) is 2.19. The maximum atomic E-state index is 12.1. The summed E-state index contributed by atoms with van der Waals surface area (Å²) < 4.78 is 9.21. The number of aromatic nitrogens is 2. The molecule has 0 fully saturated rings. The van der Waals surface area contributed by atoms with Gasteiger partial charge in [-0.15, -0.1) is 10.2 Å². The van der Waals surface area contributed by atoms with E-state index < -0.39 is 42.0 Å². The second-order valence-corrected chi connectivity index (χ2v) is 6.61. The number of methoxy groups -OCH3 is 2. The van der Waals surface area contributed by atoms with Crippen LogP contribution in [0.15, 0.2) is 36.4 Å². The van der Waals surface area contributed by atoms with E-state index >= 15 is 0 Å². The van der Waals surface area contributed by atoms with Gasteiger partial charge < -0.3 is 29.9 Å². The zero-order valence-corrected chi connectivity index (χ0v) is 17.2. The zero-order valence-electron chi connectivity index (χ0n) is 17.2. The number of esters is 2. The molecule has 0 aliphatic heterocycles. The summed E-state index contributed by atoms with van der Waals surface area (Å²) in [4.78, 5) is 24.0. The Kier molecular flexibility index (Phi) is 8.34. The van der Waals surface area contributed by atoms with E-state index in [-0.39, 0.29) is 16.8 Å². The van der Waals surface area contributed by atoms with Crippen LogP contribution < -0.4 is 0 Å². The van der Waals surface area contributed by atoms with Crippen molar-refractivity contribution in [3.63, 3.8) is 0 Å². The summed E-state index contributed by atoms with van der Waals surface area (Å²) in [6, 6.07) is 8.92. The van der Waals surface area contributed by atoms with Crippen molar-refractivity contribution in [3.8, 4) is 0 Å². The Morgan fingerprint density at radius 2 is 1.45 bits per heavy atom. The second-order valence-electron chi connectivity index (χ2n) is 6.61. The summed E-state index contributed by atoms with van der Waals surface area (Å²) in [5.41, 5.74) is -0.298. The van der Waals surface area contributed by atoms with Crippen molar-refractivity contribution < 1.29 is 39.5 Å². The molecule has 4 N–H and O–H groups in total. The van der Waals surface area contributed by atoms with Crippen LogP contribution in [0.2, 0.25) is 0 Å². The lowest BCUT2D eigenvalue weighted by atomic mass is 9.92. The van der Waals surface area contributed by atoms with E-state index in [0.29, 0.717) is 0 Å². The Hall–Kier alpha value is -3.18. The normalized spacial score (nSPS) is 15.2. The van der Waals surface area contributed by atoms with E-state index in [1.807, 2.05) is 6.07 Å². The first-order valence-electron chi connectivity index (χ1n) is 9.22. The molecule has 1 aromatic carbocycles. The fourth-order valence-corrected chi connectivity index (χ4v) is 2.88. The first kappa shape index (κ1) is 24.1. The van der Waals surface area contributed by atoms with E-state index in [4.69, 9.17) is 0 Å². The first-order chi connectivity index (χ1) is 14.7.